The fourth-order valence-electron chi connectivity index (χ4n) is 1.45. The molecule has 1 amide bonds. The van der Waals surface area contributed by atoms with Gasteiger partial charge in [0.1, 0.15) is 5.82 Å². The first kappa shape index (κ1) is 15.8. The summed E-state index contributed by atoms with van der Waals surface area (Å²) in [7, 11) is 0. The van der Waals surface area contributed by atoms with Crippen LogP contribution < -0.4 is 5.32 Å². The Morgan fingerprint density at radius 2 is 1.81 bits per heavy atom. The van der Waals surface area contributed by atoms with Crippen LogP contribution in [0.5, 0.6) is 0 Å². The minimum atomic E-state index is -4.34. The van der Waals surface area contributed by atoms with Crippen LogP contribution >= 0.6 is 27.7 Å². The van der Waals surface area contributed by atoms with Crippen LogP contribution in [0.1, 0.15) is 10.4 Å². The van der Waals surface area contributed by atoms with Crippen molar-refractivity contribution in [3.05, 3.63) is 52.6 Å². The second-order valence-electron chi connectivity index (χ2n) is 3.89. The number of alkyl halides is 3. The van der Waals surface area contributed by atoms with E-state index in [-0.39, 0.29) is 22.2 Å². The number of nitrogens with zero attached hydrogens (tertiary/aromatic N) is 1. The molecule has 0 aliphatic heterocycles. The number of rotatable bonds is 3. The van der Waals surface area contributed by atoms with Crippen LogP contribution in [0.25, 0.3) is 0 Å². The highest BCUT2D eigenvalue weighted by atomic mass is 79.9. The van der Waals surface area contributed by atoms with E-state index in [1.54, 1.807) is 12.1 Å². The molecule has 1 aromatic carbocycles. The Kier molecular flexibility index (Phi) is 4.89. The van der Waals surface area contributed by atoms with Crippen molar-refractivity contribution in [3.8, 4) is 0 Å². The van der Waals surface area contributed by atoms with E-state index < -0.39 is 11.4 Å². The summed E-state index contributed by atoms with van der Waals surface area (Å²) < 4.78 is 37.3. The molecule has 2 rings (SSSR count). The first-order valence-electron chi connectivity index (χ1n) is 5.62. The van der Waals surface area contributed by atoms with E-state index in [0.717, 1.165) is 4.47 Å². The first-order valence-corrected chi connectivity index (χ1v) is 7.23. The van der Waals surface area contributed by atoms with E-state index in [4.69, 9.17) is 0 Å². The maximum Gasteiger partial charge on any atom is 0.446 e. The minimum absolute atomic E-state index is 0.0285. The molecule has 0 aliphatic carbocycles. The Labute approximate surface area is 131 Å². The van der Waals surface area contributed by atoms with Crippen LogP contribution in [0, 0.1) is 0 Å². The van der Waals surface area contributed by atoms with Crippen LogP contribution in [-0.4, -0.2) is 16.4 Å². The summed E-state index contributed by atoms with van der Waals surface area (Å²) in [6.45, 7) is 0. The summed E-state index contributed by atoms with van der Waals surface area (Å²) in [5.41, 5.74) is -4.09. The van der Waals surface area contributed by atoms with E-state index >= 15 is 0 Å². The van der Waals surface area contributed by atoms with Crippen molar-refractivity contribution in [2.45, 2.75) is 10.4 Å². The highest BCUT2D eigenvalue weighted by Crippen LogP contribution is 2.36. The number of carbonyl (C=O) groups is 1. The van der Waals surface area contributed by atoms with Gasteiger partial charge in [0.25, 0.3) is 5.91 Å². The number of pyridine rings is 1. The summed E-state index contributed by atoms with van der Waals surface area (Å²) >= 11 is 3.00. The monoisotopic (exact) mass is 376 g/mol. The number of aromatic nitrogens is 1. The second-order valence-corrected chi connectivity index (χ2v) is 5.94. The number of anilines is 1. The van der Waals surface area contributed by atoms with Crippen LogP contribution in [0.15, 0.2) is 52.0 Å². The average molecular weight is 377 g/mol. The molecule has 0 unspecified atom stereocenters. The van der Waals surface area contributed by atoms with Crippen molar-refractivity contribution in [1.29, 1.82) is 0 Å². The fourth-order valence-corrected chi connectivity index (χ4v) is 2.22. The molecule has 1 N–H and O–H groups in total. The second kappa shape index (κ2) is 6.48. The summed E-state index contributed by atoms with van der Waals surface area (Å²) in [6.07, 6.45) is 1.53. The Morgan fingerprint density at radius 3 is 2.33 bits per heavy atom. The number of halogens is 4. The predicted octanol–water partition coefficient (Wildman–Crippen LogP) is 4.71. The van der Waals surface area contributed by atoms with Gasteiger partial charge in [-0.2, -0.15) is 13.2 Å². The van der Waals surface area contributed by atoms with Gasteiger partial charge in [-0.15, -0.1) is 0 Å². The van der Waals surface area contributed by atoms with Crippen LogP contribution in [-0.2, 0) is 0 Å². The zero-order chi connectivity index (χ0) is 15.5. The third-order valence-electron chi connectivity index (χ3n) is 2.32. The minimum Gasteiger partial charge on any atom is -0.307 e. The van der Waals surface area contributed by atoms with Crippen LogP contribution in [0.4, 0.5) is 19.0 Å². The molecule has 0 bridgehead atoms. The SMILES string of the molecule is O=C(Nc1ccc(Br)cn1)c1ccc(SC(F)(F)F)cc1. The van der Waals surface area contributed by atoms with Crippen LogP contribution in [0.3, 0.4) is 0 Å². The van der Waals surface area contributed by atoms with Crippen molar-refractivity contribution in [1.82, 2.24) is 4.98 Å². The number of nitrogens with one attached hydrogen (secondary N) is 1. The zero-order valence-electron chi connectivity index (χ0n) is 10.3. The smallest absolute Gasteiger partial charge is 0.307 e. The number of thioether (sulfide) groups is 1. The molecule has 3 nitrogen and oxygen atoms in total. The summed E-state index contributed by atoms with van der Waals surface area (Å²) in [5.74, 6) is -0.0784. The summed E-state index contributed by atoms with van der Waals surface area (Å²) in [4.78, 5) is 15.9. The van der Waals surface area contributed by atoms with Gasteiger partial charge in [-0.05, 0) is 64.1 Å². The Bertz CT molecular complexity index is 629. The van der Waals surface area contributed by atoms with Crippen molar-refractivity contribution in [3.63, 3.8) is 0 Å². The Hall–Kier alpha value is -1.54. The number of carbonyl (C=O) groups excluding carboxylic acids is 1. The quantitative estimate of drug-likeness (QED) is 0.788. The largest absolute Gasteiger partial charge is 0.446 e. The molecule has 0 saturated heterocycles. The molecule has 0 radical (unpaired) electrons. The van der Waals surface area contributed by atoms with E-state index in [1.165, 1.54) is 30.5 Å². The molecule has 1 heterocycles. The molecule has 0 aliphatic rings. The van der Waals surface area contributed by atoms with Crippen LogP contribution in [0.2, 0.25) is 0 Å². The third-order valence-corrected chi connectivity index (χ3v) is 3.53. The van der Waals surface area contributed by atoms with E-state index in [0.29, 0.717) is 5.82 Å². The lowest BCUT2D eigenvalue weighted by Crippen LogP contribution is -2.12. The van der Waals surface area contributed by atoms with E-state index in [1.807, 2.05) is 0 Å². The van der Waals surface area contributed by atoms with Crippen molar-refractivity contribution in [2.24, 2.45) is 0 Å². The predicted molar refractivity (Wildman–Crippen MR) is 78.2 cm³/mol. The number of amides is 1. The van der Waals surface area contributed by atoms with Gasteiger partial charge >= 0.3 is 5.51 Å². The molecular weight excluding hydrogens is 369 g/mol. The standard InChI is InChI=1S/C13H8BrF3N2OS/c14-9-3-6-11(18-7-9)19-12(20)8-1-4-10(5-2-8)21-13(15,16)17/h1-7H,(H,18,19,20). The van der Waals surface area contributed by atoms with Gasteiger partial charge in [0.2, 0.25) is 0 Å². The molecule has 0 spiro atoms. The average Bonchev–Trinajstić information content (AvgIpc) is 2.40. The normalized spacial score (nSPS) is 11.2. The Balaban J connectivity index is 2.04. The lowest BCUT2D eigenvalue weighted by Gasteiger charge is -2.07. The molecule has 0 fully saturated rings. The highest BCUT2D eigenvalue weighted by molar-refractivity contribution is 9.10. The van der Waals surface area contributed by atoms with Gasteiger partial charge in [-0.3, -0.25) is 4.79 Å². The topological polar surface area (TPSA) is 42.0 Å². The van der Waals surface area contributed by atoms with Gasteiger partial charge in [-0.1, -0.05) is 0 Å². The molecule has 2 aromatic rings. The summed E-state index contributed by atoms with van der Waals surface area (Å²) in [5, 5.41) is 2.55. The maximum atomic E-state index is 12.2. The molecular formula is C13H8BrF3N2OS. The van der Waals surface area contributed by atoms with Crippen molar-refractivity contribution in [2.75, 3.05) is 5.32 Å². The van der Waals surface area contributed by atoms with E-state index in [9.17, 15) is 18.0 Å². The van der Waals surface area contributed by atoms with Gasteiger partial charge in [0, 0.05) is 21.1 Å². The van der Waals surface area contributed by atoms with Gasteiger partial charge in [0.05, 0.1) is 0 Å². The molecule has 110 valence electrons. The third kappa shape index (κ3) is 5.05. The molecule has 8 heteroatoms. The highest BCUT2D eigenvalue weighted by Gasteiger charge is 2.29. The lowest BCUT2D eigenvalue weighted by atomic mass is 10.2. The van der Waals surface area contributed by atoms with Gasteiger partial charge < -0.3 is 5.32 Å². The van der Waals surface area contributed by atoms with Gasteiger partial charge in [0.15, 0.2) is 0 Å². The molecule has 0 atom stereocenters. The fraction of sp³-hybridized carbons (Fsp3) is 0.0769. The first-order chi connectivity index (χ1) is 9.83. The summed E-state index contributed by atoms with van der Waals surface area (Å²) in [6, 6.07) is 8.50. The molecule has 21 heavy (non-hydrogen) atoms. The lowest BCUT2D eigenvalue weighted by molar-refractivity contribution is -0.0328. The van der Waals surface area contributed by atoms with Crippen molar-refractivity contribution < 1.29 is 18.0 Å². The molecule has 1 aromatic heterocycles. The number of hydrogen-bond acceptors (Lipinski definition) is 3. The Morgan fingerprint density at radius 1 is 1.14 bits per heavy atom. The number of benzene rings is 1. The van der Waals surface area contributed by atoms with Crippen molar-refractivity contribution >= 4 is 39.4 Å². The van der Waals surface area contributed by atoms with E-state index in [2.05, 4.69) is 26.2 Å². The number of hydrogen-bond donors (Lipinski definition) is 1. The molecule has 0 saturated carbocycles. The van der Waals surface area contributed by atoms with Gasteiger partial charge in [-0.25, -0.2) is 4.98 Å². The maximum absolute atomic E-state index is 12.2. The zero-order valence-corrected chi connectivity index (χ0v) is 12.7.